The molecule has 4 rings (SSSR count). The minimum Gasteiger partial charge on any atom is -0.508 e. The van der Waals surface area contributed by atoms with Gasteiger partial charge >= 0.3 is 0 Å². The zero-order valence-electron chi connectivity index (χ0n) is 17.1. The van der Waals surface area contributed by atoms with E-state index in [1.807, 2.05) is 0 Å². The Hall–Kier alpha value is -1.88. The molecule has 3 aliphatic rings. The van der Waals surface area contributed by atoms with Crippen molar-refractivity contribution in [3.63, 3.8) is 0 Å². The van der Waals surface area contributed by atoms with Gasteiger partial charge in [0.1, 0.15) is 17.1 Å². The summed E-state index contributed by atoms with van der Waals surface area (Å²) in [5.41, 5.74) is 0.0139. The smallest absolute Gasteiger partial charge is 0.154 e. The van der Waals surface area contributed by atoms with Crippen molar-refractivity contribution in [2.24, 2.45) is 22.7 Å². The molecule has 0 unspecified atom stereocenters. The molecule has 0 saturated heterocycles. The fourth-order valence-electron chi connectivity index (χ4n) is 6.75. The molecule has 0 amide bonds. The molecule has 1 aromatic rings. The summed E-state index contributed by atoms with van der Waals surface area (Å²) in [6.45, 7) is 8.73. The summed E-state index contributed by atoms with van der Waals surface area (Å²) in [7, 11) is 0. The topological polar surface area (TPSA) is 83.8 Å². The van der Waals surface area contributed by atoms with E-state index in [1.54, 1.807) is 0 Å². The van der Waals surface area contributed by atoms with Crippen LogP contribution in [0.25, 0.3) is 0 Å². The van der Waals surface area contributed by atoms with Crippen molar-refractivity contribution in [3.8, 4) is 11.5 Å². The van der Waals surface area contributed by atoms with Gasteiger partial charge in [0.15, 0.2) is 12.6 Å². The predicted octanol–water partition coefficient (Wildman–Crippen LogP) is 3.92. The lowest BCUT2D eigenvalue weighted by Crippen LogP contribution is -2.66. The summed E-state index contributed by atoms with van der Waals surface area (Å²) in [5.74, 6) is 0.884. The normalized spacial score (nSPS) is 38.4. The number of carbonyl (C=O) groups is 2. The third-order valence-corrected chi connectivity index (χ3v) is 8.51. The van der Waals surface area contributed by atoms with Crippen LogP contribution >= 0.6 is 0 Å². The van der Waals surface area contributed by atoms with E-state index in [0.29, 0.717) is 36.7 Å². The highest BCUT2D eigenvalue weighted by atomic mass is 16.5. The van der Waals surface area contributed by atoms with Crippen LogP contribution in [-0.2, 0) is 6.42 Å². The minimum atomic E-state index is -0.563. The van der Waals surface area contributed by atoms with Gasteiger partial charge in [0.2, 0.25) is 0 Å². The lowest BCUT2D eigenvalue weighted by molar-refractivity contribution is -0.210. The molecular formula is C23H30O5. The van der Waals surface area contributed by atoms with Crippen molar-refractivity contribution < 1.29 is 24.5 Å². The average molecular weight is 386 g/mol. The quantitative estimate of drug-likeness (QED) is 0.753. The number of carbonyl (C=O) groups excluding carboxylic acids is 2. The number of hydrogen-bond donors (Lipinski definition) is 2. The van der Waals surface area contributed by atoms with E-state index < -0.39 is 5.60 Å². The Morgan fingerprint density at radius 2 is 1.86 bits per heavy atom. The van der Waals surface area contributed by atoms with Crippen molar-refractivity contribution in [2.45, 2.75) is 71.5 Å². The van der Waals surface area contributed by atoms with Gasteiger partial charge in [0, 0.05) is 23.0 Å². The molecule has 1 aliphatic heterocycles. The number of aliphatic hydroxyl groups is 1. The standard InChI is InChI=1S/C23H30O5/c1-13-5-6-18-21(2,3)19(27)7-8-22(18,4)23(13)10-15-17(26)9-14(11-24)16(12-25)20(15)28-23/h9,11-13,18-19,26-27H,5-8,10H2,1-4H3/t13-,18+,19-,22+,23+/m1/s1. The van der Waals surface area contributed by atoms with Crippen molar-refractivity contribution in [1.82, 2.24) is 0 Å². The van der Waals surface area contributed by atoms with Crippen LogP contribution in [0.4, 0.5) is 0 Å². The Balaban J connectivity index is 1.88. The summed E-state index contributed by atoms with van der Waals surface area (Å²) < 4.78 is 6.66. The van der Waals surface area contributed by atoms with Gasteiger partial charge in [-0.15, -0.1) is 0 Å². The molecule has 0 radical (unpaired) electrons. The molecule has 152 valence electrons. The van der Waals surface area contributed by atoms with Crippen LogP contribution in [-0.4, -0.2) is 34.5 Å². The van der Waals surface area contributed by atoms with Crippen LogP contribution in [0.5, 0.6) is 11.5 Å². The number of hydrogen-bond acceptors (Lipinski definition) is 5. The molecular weight excluding hydrogens is 356 g/mol. The first-order valence-electron chi connectivity index (χ1n) is 10.3. The van der Waals surface area contributed by atoms with Gasteiger partial charge in [-0.25, -0.2) is 0 Å². The SMILES string of the molecule is C[C@@H]1CC[C@H]2C(C)(C)[C@H](O)CC[C@]2(C)[C@]12Cc1c(O)cc(C=O)c(C=O)c1O2. The van der Waals surface area contributed by atoms with E-state index in [0.717, 1.165) is 19.3 Å². The molecule has 1 aromatic carbocycles. The van der Waals surface area contributed by atoms with E-state index in [1.165, 1.54) is 6.07 Å². The van der Waals surface area contributed by atoms with Crippen LogP contribution in [0.2, 0.25) is 0 Å². The second-order valence-electron chi connectivity index (χ2n) is 9.93. The number of fused-ring (bicyclic) bond motifs is 3. The molecule has 1 heterocycles. The second-order valence-corrected chi connectivity index (χ2v) is 9.93. The van der Waals surface area contributed by atoms with Gasteiger partial charge in [-0.2, -0.15) is 0 Å². The van der Waals surface area contributed by atoms with E-state index in [9.17, 15) is 19.8 Å². The highest BCUT2D eigenvalue weighted by Crippen LogP contribution is 2.66. The fourth-order valence-corrected chi connectivity index (χ4v) is 6.75. The van der Waals surface area contributed by atoms with Crippen LogP contribution in [0, 0.1) is 22.7 Å². The fraction of sp³-hybridized carbons (Fsp3) is 0.652. The Morgan fingerprint density at radius 1 is 1.14 bits per heavy atom. The zero-order valence-corrected chi connectivity index (χ0v) is 17.1. The highest BCUT2D eigenvalue weighted by Gasteiger charge is 2.67. The molecule has 5 atom stereocenters. The number of aromatic hydroxyl groups is 1. The number of aldehydes is 2. The Morgan fingerprint density at radius 3 is 2.50 bits per heavy atom. The number of phenols is 1. The largest absolute Gasteiger partial charge is 0.508 e. The molecule has 0 bridgehead atoms. The molecule has 28 heavy (non-hydrogen) atoms. The Bertz CT molecular complexity index is 844. The van der Waals surface area contributed by atoms with Crippen molar-refractivity contribution in [1.29, 1.82) is 0 Å². The maximum absolute atomic E-state index is 11.8. The number of phenolic OH excluding ortho intramolecular Hbond substituents is 1. The van der Waals surface area contributed by atoms with Crippen molar-refractivity contribution in [3.05, 3.63) is 22.8 Å². The molecule has 2 fully saturated rings. The molecule has 5 heteroatoms. The summed E-state index contributed by atoms with van der Waals surface area (Å²) in [5, 5.41) is 21.3. The summed E-state index contributed by atoms with van der Waals surface area (Å²) in [6, 6.07) is 1.37. The minimum absolute atomic E-state index is 0.0209. The van der Waals surface area contributed by atoms with Gasteiger partial charge in [0.25, 0.3) is 0 Å². The predicted molar refractivity (Wildman–Crippen MR) is 105 cm³/mol. The summed E-state index contributed by atoms with van der Waals surface area (Å²) >= 11 is 0. The maximum atomic E-state index is 11.8. The molecule has 2 aliphatic carbocycles. The van der Waals surface area contributed by atoms with Crippen LogP contribution in [0.3, 0.4) is 0 Å². The van der Waals surface area contributed by atoms with Gasteiger partial charge in [-0.1, -0.05) is 27.7 Å². The number of aliphatic hydroxyl groups excluding tert-OH is 1. The van der Waals surface area contributed by atoms with Crippen molar-refractivity contribution >= 4 is 12.6 Å². The van der Waals surface area contributed by atoms with Gasteiger partial charge in [0.05, 0.1) is 11.7 Å². The van der Waals surface area contributed by atoms with Crippen LogP contribution < -0.4 is 4.74 Å². The first kappa shape index (κ1) is 19.4. The number of rotatable bonds is 2. The second kappa shape index (κ2) is 6.06. The molecule has 0 aromatic heterocycles. The first-order chi connectivity index (χ1) is 13.1. The van der Waals surface area contributed by atoms with Crippen LogP contribution in [0.1, 0.15) is 79.7 Å². The summed E-state index contributed by atoms with van der Waals surface area (Å²) in [6.07, 6.45) is 4.95. The molecule has 2 saturated carbocycles. The summed E-state index contributed by atoms with van der Waals surface area (Å²) in [4.78, 5) is 23.2. The first-order valence-corrected chi connectivity index (χ1v) is 10.3. The van der Waals surface area contributed by atoms with E-state index in [2.05, 4.69) is 27.7 Å². The molecule has 5 nitrogen and oxygen atoms in total. The third kappa shape index (κ3) is 2.23. The Kier molecular flexibility index (Phi) is 4.20. The van der Waals surface area contributed by atoms with E-state index in [4.69, 9.17) is 4.74 Å². The maximum Gasteiger partial charge on any atom is 0.154 e. The van der Waals surface area contributed by atoms with Gasteiger partial charge in [-0.05, 0) is 49.0 Å². The van der Waals surface area contributed by atoms with Gasteiger partial charge < -0.3 is 14.9 Å². The number of ether oxygens (including phenoxy) is 1. The van der Waals surface area contributed by atoms with Crippen LogP contribution in [0.15, 0.2) is 6.07 Å². The molecule has 1 spiro atoms. The van der Waals surface area contributed by atoms with E-state index >= 15 is 0 Å². The average Bonchev–Trinajstić information content (AvgIpc) is 3.06. The van der Waals surface area contributed by atoms with E-state index in [-0.39, 0.29) is 45.6 Å². The zero-order chi connectivity index (χ0) is 20.5. The van der Waals surface area contributed by atoms with Gasteiger partial charge in [-0.3, -0.25) is 9.59 Å². The highest BCUT2D eigenvalue weighted by molar-refractivity contribution is 5.95. The lowest BCUT2D eigenvalue weighted by atomic mass is 9.43. The third-order valence-electron chi connectivity index (χ3n) is 8.51. The monoisotopic (exact) mass is 386 g/mol. The number of benzene rings is 1. The lowest BCUT2D eigenvalue weighted by Gasteiger charge is -2.64. The van der Waals surface area contributed by atoms with Crippen molar-refractivity contribution in [2.75, 3.05) is 0 Å². The molecule has 2 N–H and O–H groups in total. The Labute approximate surface area is 166 Å².